The Bertz CT molecular complexity index is 847. The molecule has 3 unspecified atom stereocenters. The van der Waals surface area contributed by atoms with Gasteiger partial charge in [-0.15, -0.1) is 0 Å². The molecule has 0 aromatic heterocycles. The van der Waals surface area contributed by atoms with Crippen LogP contribution >= 0.6 is 0 Å². The highest BCUT2D eigenvalue weighted by Crippen LogP contribution is 2.50. The van der Waals surface area contributed by atoms with Crippen molar-refractivity contribution in [2.24, 2.45) is 0 Å². The lowest BCUT2D eigenvalue weighted by Gasteiger charge is -2.32. The first-order valence-electron chi connectivity index (χ1n) is 10.4. The Balaban J connectivity index is 5.81. The molecule has 6 nitrogen and oxygen atoms in total. The maximum absolute atomic E-state index is 13.9. The Labute approximate surface area is 225 Å². The number of rotatable bonds is 19. The molecule has 0 aromatic carbocycles. The molecule has 0 aliphatic rings. The molecule has 0 saturated carbocycles. The van der Waals surface area contributed by atoms with E-state index in [1.807, 2.05) is 0 Å². The second kappa shape index (κ2) is 14.2. The first kappa shape index (κ1) is 41.4. The van der Waals surface area contributed by atoms with Gasteiger partial charge in [-0.3, -0.25) is 9.47 Å². The van der Waals surface area contributed by atoms with Gasteiger partial charge in [-0.25, -0.2) is 8.78 Å². The second-order valence-electron chi connectivity index (χ2n) is 7.49. The topological polar surface area (TPSA) is 55.4 Å². The molecular formula is C17H16F20O6. The molecule has 0 heterocycles. The summed E-state index contributed by atoms with van der Waals surface area (Å²) < 4.78 is 277. The van der Waals surface area contributed by atoms with Crippen LogP contribution < -0.4 is 0 Å². The van der Waals surface area contributed by atoms with Crippen molar-refractivity contribution in [2.45, 2.75) is 74.4 Å². The van der Waals surface area contributed by atoms with Crippen LogP contribution in [0.2, 0.25) is 0 Å². The summed E-state index contributed by atoms with van der Waals surface area (Å²) in [6, 6.07) is 0. The van der Waals surface area contributed by atoms with E-state index in [0.29, 0.717) is 0 Å². The van der Waals surface area contributed by atoms with Gasteiger partial charge in [0.1, 0.15) is 6.10 Å². The van der Waals surface area contributed by atoms with E-state index in [-0.39, 0.29) is 6.61 Å². The highest BCUT2D eigenvalue weighted by atomic mass is 19.4. The zero-order chi connectivity index (χ0) is 34.5. The fourth-order valence-corrected chi connectivity index (χ4v) is 2.01. The molecule has 26 heteroatoms. The van der Waals surface area contributed by atoms with Gasteiger partial charge in [0, 0.05) is 6.61 Å². The Morgan fingerprint density at radius 1 is 0.488 bits per heavy atom. The summed E-state index contributed by atoms with van der Waals surface area (Å²) in [5, 5.41) is 0. The molecule has 0 aliphatic heterocycles. The van der Waals surface area contributed by atoms with Gasteiger partial charge in [0.05, 0.1) is 26.4 Å². The average molecular weight is 696 g/mol. The van der Waals surface area contributed by atoms with Crippen molar-refractivity contribution >= 4 is 0 Å². The zero-order valence-corrected chi connectivity index (χ0v) is 20.3. The van der Waals surface area contributed by atoms with Gasteiger partial charge in [-0.05, 0) is 6.92 Å². The SMILES string of the molecule is CCOCCOCC(COC(F)(F)C(F)OC(F)(F)C(F)(F)C(F)(F)F)OC(F)(F)C(F)OC(F)(F)C(F)(F)C(F)(F)F. The van der Waals surface area contributed by atoms with Gasteiger partial charge in [0.25, 0.3) is 12.7 Å². The highest BCUT2D eigenvalue weighted by molar-refractivity contribution is 4.87. The summed E-state index contributed by atoms with van der Waals surface area (Å²) in [5.74, 6) is -14.6. The molecule has 0 saturated heterocycles. The maximum atomic E-state index is 13.9. The van der Waals surface area contributed by atoms with Crippen molar-refractivity contribution in [3.8, 4) is 0 Å². The number of hydrogen-bond donors (Lipinski definition) is 0. The molecule has 43 heavy (non-hydrogen) atoms. The fraction of sp³-hybridized carbons (Fsp3) is 1.00. The normalized spacial score (nSPS) is 17.2. The van der Waals surface area contributed by atoms with Crippen molar-refractivity contribution in [3.63, 3.8) is 0 Å². The van der Waals surface area contributed by atoms with Crippen LogP contribution in [0, 0.1) is 0 Å². The predicted octanol–water partition coefficient (Wildman–Crippen LogP) is 6.83. The van der Waals surface area contributed by atoms with E-state index in [0.717, 1.165) is 0 Å². The minimum atomic E-state index is -7.31. The third-order valence-corrected chi connectivity index (χ3v) is 4.14. The molecule has 0 bridgehead atoms. The fourth-order valence-electron chi connectivity index (χ4n) is 2.01. The Morgan fingerprint density at radius 3 is 1.23 bits per heavy atom. The van der Waals surface area contributed by atoms with Crippen LogP contribution in [0.5, 0.6) is 0 Å². The summed E-state index contributed by atoms with van der Waals surface area (Å²) in [6.07, 6.45) is -54.4. The van der Waals surface area contributed by atoms with E-state index in [2.05, 4.69) is 28.4 Å². The highest BCUT2D eigenvalue weighted by Gasteiger charge is 2.77. The van der Waals surface area contributed by atoms with Crippen LogP contribution in [0.15, 0.2) is 0 Å². The van der Waals surface area contributed by atoms with E-state index >= 15 is 0 Å². The molecule has 0 aliphatic carbocycles. The minimum Gasteiger partial charge on any atom is -0.379 e. The molecule has 0 aromatic rings. The summed E-state index contributed by atoms with van der Waals surface area (Å²) in [4.78, 5) is 0. The maximum Gasteiger partial charge on any atom is 0.462 e. The molecule has 0 spiro atoms. The Morgan fingerprint density at radius 2 is 0.860 bits per heavy atom. The molecule has 0 amide bonds. The molecular weight excluding hydrogens is 680 g/mol. The predicted molar refractivity (Wildman–Crippen MR) is 91.9 cm³/mol. The van der Waals surface area contributed by atoms with E-state index in [9.17, 15) is 87.8 Å². The van der Waals surface area contributed by atoms with Crippen molar-refractivity contribution in [3.05, 3.63) is 0 Å². The largest absolute Gasteiger partial charge is 0.462 e. The lowest BCUT2D eigenvalue weighted by atomic mass is 10.3. The van der Waals surface area contributed by atoms with Crippen molar-refractivity contribution < 1.29 is 116 Å². The smallest absolute Gasteiger partial charge is 0.379 e. The van der Waals surface area contributed by atoms with Gasteiger partial charge >= 0.3 is 48.6 Å². The van der Waals surface area contributed by atoms with Gasteiger partial charge < -0.3 is 18.9 Å². The van der Waals surface area contributed by atoms with E-state index in [1.165, 1.54) is 6.92 Å². The number of hydrogen-bond acceptors (Lipinski definition) is 6. The lowest BCUT2D eigenvalue weighted by Crippen LogP contribution is -2.56. The molecule has 0 radical (unpaired) electrons. The first-order valence-corrected chi connectivity index (χ1v) is 10.4. The van der Waals surface area contributed by atoms with E-state index in [4.69, 9.17) is 0 Å². The standard InChI is InChI=1S/C17H16F20O6/c1-2-38-3-4-39-5-7(41-11(22,23)9(19)43-17(36,37)13(26,27)15(31,32)33)6-40-10(20,21)8(18)42-16(34,35)12(24,25)14(28,29)30/h7-9H,2-6H2,1H3. The minimum absolute atomic E-state index is 0.0375. The molecule has 0 N–H and O–H groups in total. The van der Waals surface area contributed by atoms with Crippen LogP contribution in [0.1, 0.15) is 6.92 Å². The molecule has 260 valence electrons. The average Bonchev–Trinajstić information content (AvgIpc) is 2.79. The summed E-state index contributed by atoms with van der Waals surface area (Å²) in [5.41, 5.74) is 0. The van der Waals surface area contributed by atoms with Gasteiger partial charge in [0.2, 0.25) is 0 Å². The quantitative estimate of drug-likeness (QED) is 0.109. The van der Waals surface area contributed by atoms with Crippen LogP contribution in [0.3, 0.4) is 0 Å². The van der Waals surface area contributed by atoms with Crippen molar-refractivity contribution in [2.75, 3.05) is 33.0 Å². The number of ether oxygens (including phenoxy) is 6. The molecule has 3 atom stereocenters. The van der Waals surface area contributed by atoms with Gasteiger partial charge in [-0.1, -0.05) is 0 Å². The third-order valence-electron chi connectivity index (χ3n) is 4.14. The van der Waals surface area contributed by atoms with Crippen LogP contribution in [-0.4, -0.2) is 100 Å². The Hall–Kier alpha value is -1.64. The van der Waals surface area contributed by atoms with Crippen molar-refractivity contribution in [1.82, 2.24) is 0 Å². The molecule has 0 fully saturated rings. The van der Waals surface area contributed by atoms with Crippen LogP contribution in [-0.2, 0) is 28.4 Å². The number of halogens is 20. The molecule has 0 rings (SSSR count). The summed E-state index contributed by atoms with van der Waals surface area (Å²) in [6.45, 7) is -3.91. The Kier molecular flexibility index (Phi) is 13.7. The monoisotopic (exact) mass is 696 g/mol. The van der Waals surface area contributed by atoms with E-state index < -0.39 is 93.9 Å². The zero-order valence-electron chi connectivity index (χ0n) is 20.3. The van der Waals surface area contributed by atoms with Crippen molar-refractivity contribution in [1.29, 1.82) is 0 Å². The van der Waals surface area contributed by atoms with Gasteiger partial charge in [-0.2, -0.15) is 79.0 Å². The lowest BCUT2D eigenvalue weighted by molar-refractivity contribution is -0.472. The second-order valence-corrected chi connectivity index (χ2v) is 7.49. The van der Waals surface area contributed by atoms with Gasteiger partial charge in [0.15, 0.2) is 0 Å². The number of alkyl halides is 20. The summed E-state index contributed by atoms with van der Waals surface area (Å²) >= 11 is 0. The first-order chi connectivity index (χ1) is 18.9. The van der Waals surface area contributed by atoms with Crippen LogP contribution in [0.25, 0.3) is 0 Å². The van der Waals surface area contributed by atoms with E-state index in [1.54, 1.807) is 0 Å². The summed E-state index contributed by atoms with van der Waals surface area (Å²) in [7, 11) is 0. The third kappa shape index (κ3) is 10.7. The van der Waals surface area contributed by atoms with Crippen LogP contribution in [0.4, 0.5) is 87.8 Å².